The van der Waals surface area contributed by atoms with Crippen LogP contribution in [0.1, 0.15) is 19.8 Å². The predicted octanol–water partition coefficient (Wildman–Crippen LogP) is 5.52. The Morgan fingerprint density at radius 3 is 2.39 bits per heavy atom. The second-order valence-electron chi connectivity index (χ2n) is 7.54. The van der Waals surface area contributed by atoms with Crippen molar-refractivity contribution in [2.75, 3.05) is 0 Å². The van der Waals surface area contributed by atoms with Gasteiger partial charge in [-0.25, -0.2) is 0 Å². The first-order chi connectivity index (χ1) is 13.9. The molecule has 0 amide bonds. The largest absolute Gasteiger partial charge is 0.324 e. The van der Waals surface area contributed by atoms with Gasteiger partial charge in [0, 0.05) is 33.9 Å². The Hall–Kier alpha value is -3.33. The minimum absolute atomic E-state index is 1.01. The predicted molar refractivity (Wildman–Crippen MR) is 114 cm³/mol. The molecule has 3 heterocycles. The van der Waals surface area contributed by atoms with E-state index in [-0.39, 0.29) is 0 Å². The van der Waals surface area contributed by atoms with E-state index in [0.29, 0.717) is 0 Å². The number of benzene rings is 3. The number of hydrogen-bond acceptors (Lipinski definition) is 0. The second kappa shape index (κ2) is 5.83. The number of hydrogen-bond donors (Lipinski definition) is 0. The zero-order valence-corrected chi connectivity index (χ0v) is 15.9. The Morgan fingerprint density at radius 2 is 1.54 bits per heavy atom. The van der Waals surface area contributed by atoms with Gasteiger partial charge >= 0.3 is 0 Å². The van der Waals surface area contributed by atoms with Crippen LogP contribution in [0, 0.1) is 6.33 Å². The molecule has 0 N–H and O–H groups in total. The Labute approximate surface area is 163 Å². The van der Waals surface area contributed by atoms with Crippen molar-refractivity contribution in [2.24, 2.45) is 0 Å². The molecule has 136 valence electrons. The van der Waals surface area contributed by atoms with E-state index >= 15 is 0 Å². The molecule has 0 aliphatic heterocycles. The summed E-state index contributed by atoms with van der Waals surface area (Å²) in [7, 11) is 0. The lowest BCUT2D eigenvalue weighted by atomic mass is 10.1. The standard InChI is InChI=1S/C25H21N3/c1-2-3-14-26-15-16-27(17-26)23-13-7-11-21-20-10-6-9-19-18-8-4-5-12-22(18)28(24(19)20)25(21)23/h4-13,15-16H,2-3,14H2,1H3. The molecule has 0 saturated carbocycles. The Balaban J connectivity index is 1.74. The van der Waals surface area contributed by atoms with Gasteiger partial charge in [-0.05, 0) is 12.5 Å². The SMILES string of the molecule is CCCC[n+]1[c-]n(-c2cccc3c4cccc5c6ccccc6n(c23)c54)cc1. The van der Waals surface area contributed by atoms with Crippen molar-refractivity contribution in [1.82, 2.24) is 8.97 Å². The molecule has 3 nitrogen and oxygen atoms in total. The lowest BCUT2D eigenvalue weighted by Crippen LogP contribution is -2.31. The maximum Gasteiger partial charge on any atom is 0.243 e. The number of fused-ring (bicyclic) bond motifs is 6. The van der Waals surface area contributed by atoms with Crippen molar-refractivity contribution >= 4 is 38.1 Å². The molecular weight excluding hydrogens is 342 g/mol. The summed E-state index contributed by atoms with van der Waals surface area (Å²) in [5.41, 5.74) is 5.01. The molecule has 0 atom stereocenters. The van der Waals surface area contributed by atoms with Gasteiger partial charge in [0.05, 0.1) is 28.8 Å². The highest BCUT2D eigenvalue weighted by Crippen LogP contribution is 2.40. The first kappa shape index (κ1) is 15.7. The quantitative estimate of drug-likeness (QED) is 0.289. The van der Waals surface area contributed by atoms with Gasteiger partial charge in [0.25, 0.3) is 0 Å². The van der Waals surface area contributed by atoms with Crippen LogP contribution in [-0.2, 0) is 6.54 Å². The van der Waals surface area contributed by atoms with Crippen LogP contribution in [0.15, 0.2) is 73.1 Å². The minimum atomic E-state index is 1.01. The second-order valence-corrected chi connectivity index (χ2v) is 7.54. The molecular formula is C25H21N3. The number of nitrogens with zero attached hydrogens (tertiary/aromatic N) is 3. The van der Waals surface area contributed by atoms with E-state index in [0.717, 1.165) is 6.54 Å². The summed E-state index contributed by atoms with van der Waals surface area (Å²) in [6.45, 7) is 3.23. The molecule has 28 heavy (non-hydrogen) atoms. The Morgan fingerprint density at radius 1 is 0.821 bits per heavy atom. The monoisotopic (exact) mass is 363 g/mol. The van der Waals surface area contributed by atoms with E-state index in [9.17, 15) is 0 Å². The lowest BCUT2D eigenvalue weighted by Gasteiger charge is -2.07. The molecule has 0 fully saturated rings. The third-order valence-electron chi connectivity index (χ3n) is 5.87. The Bertz CT molecular complexity index is 1450. The van der Waals surface area contributed by atoms with Crippen LogP contribution in [0.2, 0.25) is 0 Å². The van der Waals surface area contributed by atoms with Gasteiger partial charge < -0.3 is 13.5 Å². The molecule has 3 aromatic carbocycles. The van der Waals surface area contributed by atoms with Crippen LogP contribution in [0.25, 0.3) is 43.8 Å². The van der Waals surface area contributed by atoms with Crippen molar-refractivity contribution in [3.8, 4) is 5.69 Å². The Kier molecular flexibility index (Phi) is 3.27. The molecule has 0 aliphatic carbocycles. The fourth-order valence-electron chi connectivity index (χ4n) is 4.59. The molecule has 6 rings (SSSR count). The summed E-state index contributed by atoms with van der Waals surface area (Å²) in [6, 6.07) is 22.0. The molecule has 3 aromatic heterocycles. The summed E-state index contributed by atoms with van der Waals surface area (Å²) in [4.78, 5) is 0. The zero-order valence-electron chi connectivity index (χ0n) is 15.9. The van der Waals surface area contributed by atoms with Crippen molar-refractivity contribution in [2.45, 2.75) is 26.3 Å². The highest BCUT2D eigenvalue weighted by molar-refractivity contribution is 6.24. The van der Waals surface area contributed by atoms with E-state index in [1.165, 1.54) is 56.6 Å². The normalized spacial score (nSPS) is 12.2. The number of unbranched alkanes of at least 4 members (excludes halogenated alkanes) is 1. The molecule has 0 saturated heterocycles. The van der Waals surface area contributed by atoms with E-state index in [1.54, 1.807) is 0 Å². The van der Waals surface area contributed by atoms with E-state index in [4.69, 9.17) is 0 Å². The fourth-order valence-corrected chi connectivity index (χ4v) is 4.59. The van der Waals surface area contributed by atoms with Crippen LogP contribution in [0.3, 0.4) is 0 Å². The van der Waals surface area contributed by atoms with Gasteiger partial charge in [0.1, 0.15) is 0 Å². The summed E-state index contributed by atoms with van der Waals surface area (Å²) in [5, 5.41) is 5.25. The van der Waals surface area contributed by atoms with Crippen LogP contribution >= 0.6 is 0 Å². The molecule has 0 aliphatic rings. The first-order valence-electron chi connectivity index (χ1n) is 10.0. The number of rotatable bonds is 4. The van der Waals surface area contributed by atoms with Crippen molar-refractivity contribution < 1.29 is 4.57 Å². The molecule has 0 bridgehead atoms. The van der Waals surface area contributed by atoms with E-state index < -0.39 is 0 Å². The number of imidazole rings is 1. The van der Waals surface area contributed by atoms with Crippen LogP contribution < -0.4 is 4.57 Å². The average Bonchev–Trinajstić information content (AvgIpc) is 3.43. The molecule has 6 aromatic rings. The smallest absolute Gasteiger partial charge is 0.243 e. The van der Waals surface area contributed by atoms with Crippen molar-refractivity contribution in [3.05, 3.63) is 79.4 Å². The van der Waals surface area contributed by atoms with E-state index in [2.05, 4.69) is 99.8 Å². The molecule has 0 radical (unpaired) electrons. The van der Waals surface area contributed by atoms with Gasteiger partial charge in [-0.3, -0.25) is 0 Å². The summed E-state index contributed by atoms with van der Waals surface area (Å²) >= 11 is 0. The average molecular weight is 363 g/mol. The molecule has 0 unspecified atom stereocenters. The first-order valence-corrected chi connectivity index (χ1v) is 10.0. The molecule has 3 heteroatoms. The highest BCUT2D eigenvalue weighted by Gasteiger charge is 2.18. The maximum absolute atomic E-state index is 3.51. The van der Waals surface area contributed by atoms with Crippen LogP contribution in [-0.4, -0.2) is 8.97 Å². The summed E-state index contributed by atoms with van der Waals surface area (Å²) in [5.74, 6) is 0. The van der Waals surface area contributed by atoms with Gasteiger partial charge in [-0.15, -0.1) is 0 Å². The van der Waals surface area contributed by atoms with E-state index in [1.807, 2.05) is 0 Å². The summed E-state index contributed by atoms with van der Waals surface area (Å²) in [6.07, 6.45) is 10.1. The van der Waals surface area contributed by atoms with Crippen LogP contribution in [0.4, 0.5) is 0 Å². The summed E-state index contributed by atoms with van der Waals surface area (Å²) < 4.78 is 6.74. The lowest BCUT2D eigenvalue weighted by molar-refractivity contribution is -0.700. The van der Waals surface area contributed by atoms with Crippen molar-refractivity contribution in [1.29, 1.82) is 0 Å². The van der Waals surface area contributed by atoms with Crippen LogP contribution in [0.5, 0.6) is 0 Å². The van der Waals surface area contributed by atoms with Gasteiger partial charge in [0.2, 0.25) is 6.33 Å². The number of para-hydroxylation sites is 3. The fraction of sp³-hybridized carbons (Fsp3) is 0.160. The number of aromatic nitrogens is 3. The minimum Gasteiger partial charge on any atom is -0.324 e. The third-order valence-corrected chi connectivity index (χ3v) is 5.87. The van der Waals surface area contributed by atoms with Gasteiger partial charge in [0.15, 0.2) is 0 Å². The highest BCUT2D eigenvalue weighted by atomic mass is 15.1. The van der Waals surface area contributed by atoms with Crippen molar-refractivity contribution in [3.63, 3.8) is 0 Å². The third kappa shape index (κ3) is 2.02. The maximum atomic E-state index is 3.51. The topological polar surface area (TPSA) is 13.2 Å². The zero-order chi connectivity index (χ0) is 18.7. The van der Waals surface area contributed by atoms with Gasteiger partial charge in [-0.1, -0.05) is 67.9 Å². The van der Waals surface area contributed by atoms with Gasteiger partial charge in [-0.2, -0.15) is 0 Å². The molecule has 0 spiro atoms. The number of aryl methyl sites for hydroxylation is 1.